The van der Waals surface area contributed by atoms with Gasteiger partial charge in [-0.3, -0.25) is 0 Å². The second kappa shape index (κ2) is 7.55. The molecule has 2 aromatic carbocycles. The molecule has 1 heterocycles. The molecular weight excluding hydrogens is 308 g/mol. The molecule has 0 radical (unpaired) electrons. The molecule has 3 aromatic rings. The first kappa shape index (κ1) is 16.6. The molecule has 24 heavy (non-hydrogen) atoms. The molecule has 0 amide bonds. The smallest absolute Gasteiger partial charge is 0.126 e. The summed E-state index contributed by atoms with van der Waals surface area (Å²) in [5, 5.41) is 4.55. The zero-order chi connectivity index (χ0) is 16.9. The van der Waals surface area contributed by atoms with E-state index in [9.17, 15) is 8.78 Å². The maximum absolute atomic E-state index is 13.2. The van der Waals surface area contributed by atoms with Crippen LogP contribution in [0.4, 0.5) is 8.78 Å². The van der Waals surface area contributed by atoms with E-state index in [1.165, 1.54) is 23.1 Å². The molecule has 0 spiro atoms. The summed E-state index contributed by atoms with van der Waals surface area (Å²) in [6, 6.07) is 11.8. The summed E-state index contributed by atoms with van der Waals surface area (Å²) >= 11 is 0. The van der Waals surface area contributed by atoms with Gasteiger partial charge < -0.3 is 16.0 Å². The predicted octanol–water partition coefficient (Wildman–Crippen LogP) is 3.50. The molecule has 0 bridgehead atoms. The molecule has 5 heteroatoms. The van der Waals surface area contributed by atoms with Crippen molar-refractivity contribution in [3.8, 4) is 0 Å². The minimum Gasteiger partial charge on any atom is -0.361 e. The van der Waals surface area contributed by atoms with Gasteiger partial charge in [-0.25, -0.2) is 8.78 Å². The van der Waals surface area contributed by atoms with Crippen LogP contribution in [0.1, 0.15) is 17.5 Å². The fourth-order valence-electron chi connectivity index (χ4n) is 2.86. The normalized spacial score (nSPS) is 12.6. The number of nitrogens with two attached hydrogens (primary N) is 1. The van der Waals surface area contributed by atoms with Crippen molar-refractivity contribution in [3.05, 3.63) is 71.4 Å². The predicted molar refractivity (Wildman–Crippen MR) is 92.7 cm³/mol. The standard InChI is InChI=1S/C19H21F2N3/c20-16-7-14(8-17(21)11-16)9-18(22)4-5-23-12-13-1-2-15-3-6-24-19(15)10-13/h1-3,6-8,10-11,18,23-24H,4-5,9,12,22H2/t18-/m1/s1. The fraction of sp³-hybridized carbons (Fsp3) is 0.263. The van der Waals surface area contributed by atoms with E-state index in [0.29, 0.717) is 12.0 Å². The number of hydrogen-bond donors (Lipinski definition) is 3. The number of H-pyrrole nitrogens is 1. The molecule has 0 saturated carbocycles. The lowest BCUT2D eigenvalue weighted by molar-refractivity contribution is 0.548. The number of hydrogen-bond acceptors (Lipinski definition) is 2. The molecule has 3 nitrogen and oxygen atoms in total. The molecular formula is C19H21F2N3. The zero-order valence-electron chi connectivity index (χ0n) is 13.4. The molecule has 3 rings (SSSR count). The van der Waals surface area contributed by atoms with E-state index in [1.54, 1.807) is 0 Å². The van der Waals surface area contributed by atoms with Gasteiger partial charge in [-0.1, -0.05) is 12.1 Å². The van der Waals surface area contributed by atoms with Gasteiger partial charge in [0, 0.05) is 30.4 Å². The van der Waals surface area contributed by atoms with Crippen LogP contribution in [-0.2, 0) is 13.0 Å². The second-order valence-electron chi connectivity index (χ2n) is 6.11. The summed E-state index contributed by atoms with van der Waals surface area (Å²) in [6.07, 6.45) is 3.13. The van der Waals surface area contributed by atoms with Crippen LogP contribution in [0, 0.1) is 11.6 Å². The van der Waals surface area contributed by atoms with Crippen LogP contribution in [0.3, 0.4) is 0 Å². The molecule has 0 aliphatic carbocycles. The Hall–Kier alpha value is -2.24. The van der Waals surface area contributed by atoms with E-state index in [0.717, 1.165) is 31.1 Å². The Balaban J connectivity index is 1.43. The highest BCUT2D eigenvalue weighted by Gasteiger charge is 2.07. The molecule has 0 saturated heterocycles. The van der Waals surface area contributed by atoms with Gasteiger partial charge in [-0.2, -0.15) is 0 Å². The van der Waals surface area contributed by atoms with Crippen LogP contribution < -0.4 is 11.1 Å². The summed E-state index contributed by atoms with van der Waals surface area (Å²) in [5.41, 5.74) is 8.97. The Bertz CT molecular complexity index is 793. The third-order valence-corrected chi connectivity index (χ3v) is 4.06. The highest BCUT2D eigenvalue weighted by Crippen LogP contribution is 2.14. The van der Waals surface area contributed by atoms with Gasteiger partial charge >= 0.3 is 0 Å². The van der Waals surface area contributed by atoms with Gasteiger partial charge in [0.05, 0.1) is 0 Å². The zero-order valence-corrected chi connectivity index (χ0v) is 13.4. The van der Waals surface area contributed by atoms with Gasteiger partial charge in [0.25, 0.3) is 0 Å². The largest absolute Gasteiger partial charge is 0.361 e. The SMILES string of the molecule is N[C@H](CCNCc1ccc2cc[nH]c2c1)Cc1cc(F)cc(F)c1. The van der Waals surface area contributed by atoms with E-state index >= 15 is 0 Å². The van der Waals surface area contributed by atoms with Gasteiger partial charge in [0.2, 0.25) is 0 Å². The van der Waals surface area contributed by atoms with Gasteiger partial charge in [-0.05, 0) is 60.2 Å². The summed E-state index contributed by atoms with van der Waals surface area (Å²) in [5.74, 6) is -1.12. The number of benzene rings is 2. The van der Waals surface area contributed by atoms with Crippen molar-refractivity contribution in [2.75, 3.05) is 6.54 Å². The Morgan fingerprint density at radius 1 is 1.00 bits per heavy atom. The number of rotatable bonds is 7. The average Bonchev–Trinajstić information content (AvgIpc) is 2.98. The summed E-state index contributed by atoms with van der Waals surface area (Å²) in [7, 11) is 0. The van der Waals surface area contributed by atoms with Crippen molar-refractivity contribution < 1.29 is 8.78 Å². The van der Waals surface area contributed by atoms with Crippen LogP contribution >= 0.6 is 0 Å². The Morgan fingerprint density at radius 2 is 1.79 bits per heavy atom. The van der Waals surface area contributed by atoms with Crippen molar-refractivity contribution in [3.63, 3.8) is 0 Å². The molecule has 0 unspecified atom stereocenters. The van der Waals surface area contributed by atoms with Crippen LogP contribution in [0.15, 0.2) is 48.7 Å². The van der Waals surface area contributed by atoms with Crippen molar-refractivity contribution in [2.45, 2.75) is 25.4 Å². The molecule has 1 atom stereocenters. The van der Waals surface area contributed by atoms with Gasteiger partial charge in [0.15, 0.2) is 0 Å². The summed E-state index contributed by atoms with van der Waals surface area (Å²) < 4.78 is 26.3. The quantitative estimate of drug-likeness (QED) is 0.581. The number of aromatic amines is 1. The van der Waals surface area contributed by atoms with E-state index in [2.05, 4.69) is 28.5 Å². The number of halogens is 2. The summed E-state index contributed by atoms with van der Waals surface area (Å²) in [4.78, 5) is 3.20. The van der Waals surface area contributed by atoms with Crippen molar-refractivity contribution in [2.24, 2.45) is 5.73 Å². The van der Waals surface area contributed by atoms with E-state index < -0.39 is 11.6 Å². The highest BCUT2D eigenvalue weighted by molar-refractivity contribution is 5.79. The molecule has 1 aromatic heterocycles. The molecule has 126 valence electrons. The lowest BCUT2D eigenvalue weighted by atomic mass is 10.0. The first-order chi connectivity index (χ1) is 11.6. The monoisotopic (exact) mass is 329 g/mol. The summed E-state index contributed by atoms with van der Waals surface area (Å²) in [6.45, 7) is 1.51. The van der Waals surface area contributed by atoms with Crippen LogP contribution in [0.5, 0.6) is 0 Å². The van der Waals surface area contributed by atoms with Crippen LogP contribution in [0.2, 0.25) is 0 Å². The highest BCUT2D eigenvalue weighted by atomic mass is 19.1. The molecule has 4 N–H and O–H groups in total. The van der Waals surface area contributed by atoms with Crippen molar-refractivity contribution in [1.82, 2.24) is 10.3 Å². The van der Waals surface area contributed by atoms with E-state index in [4.69, 9.17) is 5.73 Å². The third kappa shape index (κ3) is 4.40. The maximum Gasteiger partial charge on any atom is 0.126 e. The van der Waals surface area contributed by atoms with Crippen molar-refractivity contribution >= 4 is 10.9 Å². The van der Waals surface area contributed by atoms with Crippen LogP contribution in [-0.4, -0.2) is 17.6 Å². The Labute approximate surface area is 139 Å². The molecule has 0 aliphatic rings. The lowest BCUT2D eigenvalue weighted by Crippen LogP contribution is -2.28. The topological polar surface area (TPSA) is 53.8 Å². The third-order valence-electron chi connectivity index (χ3n) is 4.06. The minimum absolute atomic E-state index is 0.135. The van der Waals surface area contributed by atoms with Crippen molar-refractivity contribution in [1.29, 1.82) is 0 Å². The minimum atomic E-state index is -0.560. The second-order valence-corrected chi connectivity index (χ2v) is 6.11. The first-order valence-electron chi connectivity index (χ1n) is 8.07. The number of aromatic nitrogens is 1. The van der Waals surface area contributed by atoms with E-state index in [1.807, 2.05) is 12.3 Å². The lowest BCUT2D eigenvalue weighted by Gasteiger charge is -2.13. The first-order valence-corrected chi connectivity index (χ1v) is 8.07. The fourth-order valence-corrected chi connectivity index (χ4v) is 2.86. The van der Waals surface area contributed by atoms with Gasteiger partial charge in [-0.15, -0.1) is 0 Å². The van der Waals surface area contributed by atoms with Gasteiger partial charge in [0.1, 0.15) is 11.6 Å². The van der Waals surface area contributed by atoms with E-state index in [-0.39, 0.29) is 6.04 Å². The Kier molecular flexibility index (Phi) is 5.23. The van der Waals surface area contributed by atoms with Crippen LogP contribution in [0.25, 0.3) is 10.9 Å². The average molecular weight is 329 g/mol. The maximum atomic E-state index is 13.2. The molecule has 0 fully saturated rings. The Morgan fingerprint density at radius 3 is 2.58 bits per heavy atom. The molecule has 0 aliphatic heterocycles. The number of nitrogens with one attached hydrogen (secondary N) is 2. The number of fused-ring (bicyclic) bond motifs is 1.